The second-order valence-electron chi connectivity index (χ2n) is 5.59. The van der Waals surface area contributed by atoms with E-state index in [-0.39, 0.29) is 11.7 Å². The van der Waals surface area contributed by atoms with Gasteiger partial charge in [-0.3, -0.25) is 10.2 Å². The number of carbonyl (C=O) groups excluding carboxylic acids is 1. The number of benzene rings is 1. The lowest BCUT2D eigenvalue weighted by Crippen LogP contribution is -2.40. The SMILES string of the molecule is CNC1=C(C(=N)Nc2ccc(C=N)c(NC)c2)CN(C(C)=O)CC1. The molecule has 1 heterocycles. The van der Waals surface area contributed by atoms with Crippen LogP contribution in [0, 0.1) is 10.8 Å². The lowest BCUT2D eigenvalue weighted by atomic mass is 10.0. The predicted molar refractivity (Wildman–Crippen MR) is 98.2 cm³/mol. The van der Waals surface area contributed by atoms with Crippen LogP contribution in [0.2, 0.25) is 0 Å². The third-order valence-electron chi connectivity index (χ3n) is 4.14. The van der Waals surface area contributed by atoms with E-state index < -0.39 is 0 Å². The Morgan fingerprint density at radius 1 is 1.29 bits per heavy atom. The maximum absolute atomic E-state index is 11.6. The van der Waals surface area contributed by atoms with Crippen LogP contribution in [0.15, 0.2) is 29.5 Å². The van der Waals surface area contributed by atoms with Crippen molar-refractivity contribution in [3.63, 3.8) is 0 Å². The van der Waals surface area contributed by atoms with Gasteiger partial charge in [0.05, 0.1) is 6.54 Å². The molecular formula is C17H24N6O. The summed E-state index contributed by atoms with van der Waals surface area (Å²) in [6.07, 6.45) is 2.00. The van der Waals surface area contributed by atoms with Gasteiger partial charge in [0, 0.05) is 68.4 Å². The molecule has 7 heteroatoms. The summed E-state index contributed by atoms with van der Waals surface area (Å²) in [6.45, 7) is 2.64. The second kappa shape index (κ2) is 7.63. The van der Waals surface area contributed by atoms with Crippen LogP contribution < -0.4 is 16.0 Å². The largest absolute Gasteiger partial charge is 0.391 e. The monoisotopic (exact) mass is 328 g/mol. The van der Waals surface area contributed by atoms with Crippen LogP contribution in [0.3, 0.4) is 0 Å². The third-order valence-corrected chi connectivity index (χ3v) is 4.14. The van der Waals surface area contributed by atoms with Crippen LogP contribution in [0.25, 0.3) is 0 Å². The Labute approximate surface area is 142 Å². The molecule has 0 saturated heterocycles. The van der Waals surface area contributed by atoms with Crippen LogP contribution in [0.1, 0.15) is 18.9 Å². The molecule has 0 atom stereocenters. The molecule has 1 aliphatic rings. The lowest BCUT2D eigenvalue weighted by molar-refractivity contribution is -0.128. The van der Waals surface area contributed by atoms with Crippen molar-refractivity contribution in [2.45, 2.75) is 13.3 Å². The maximum atomic E-state index is 11.6. The predicted octanol–water partition coefficient (Wildman–Crippen LogP) is 1.84. The molecule has 1 amide bonds. The number of nitrogens with one attached hydrogen (secondary N) is 5. The highest BCUT2D eigenvalue weighted by Crippen LogP contribution is 2.22. The van der Waals surface area contributed by atoms with E-state index in [4.69, 9.17) is 10.8 Å². The molecule has 1 aromatic rings. The number of hydrogen-bond donors (Lipinski definition) is 5. The Hall–Kier alpha value is -2.83. The first-order valence-electron chi connectivity index (χ1n) is 7.83. The first-order chi connectivity index (χ1) is 11.5. The van der Waals surface area contributed by atoms with E-state index in [2.05, 4.69) is 16.0 Å². The summed E-state index contributed by atoms with van der Waals surface area (Å²) in [5.41, 5.74) is 4.14. The molecule has 0 aliphatic carbocycles. The van der Waals surface area contributed by atoms with Gasteiger partial charge in [-0.2, -0.15) is 0 Å². The fourth-order valence-electron chi connectivity index (χ4n) is 2.73. The molecule has 128 valence electrons. The molecule has 0 radical (unpaired) electrons. The van der Waals surface area contributed by atoms with E-state index in [1.807, 2.05) is 25.2 Å². The van der Waals surface area contributed by atoms with Crippen LogP contribution in [0.4, 0.5) is 11.4 Å². The fraction of sp³-hybridized carbons (Fsp3) is 0.353. The molecule has 7 nitrogen and oxygen atoms in total. The Balaban J connectivity index is 2.22. The quantitative estimate of drug-likeness (QED) is 0.420. The molecule has 0 unspecified atom stereocenters. The molecule has 0 bridgehead atoms. The van der Waals surface area contributed by atoms with Crippen molar-refractivity contribution in [2.24, 2.45) is 0 Å². The van der Waals surface area contributed by atoms with Gasteiger partial charge in [-0.1, -0.05) is 0 Å². The van der Waals surface area contributed by atoms with Crippen molar-refractivity contribution < 1.29 is 4.79 Å². The van der Waals surface area contributed by atoms with Gasteiger partial charge in [0.1, 0.15) is 5.84 Å². The second-order valence-corrected chi connectivity index (χ2v) is 5.59. The highest BCUT2D eigenvalue weighted by molar-refractivity contribution is 6.07. The number of amides is 1. The zero-order chi connectivity index (χ0) is 17.7. The van der Waals surface area contributed by atoms with Gasteiger partial charge in [-0.05, 0) is 18.2 Å². The Kier molecular flexibility index (Phi) is 5.57. The lowest BCUT2D eigenvalue weighted by Gasteiger charge is -2.30. The van der Waals surface area contributed by atoms with E-state index >= 15 is 0 Å². The number of amidine groups is 1. The van der Waals surface area contributed by atoms with E-state index in [0.717, 1.165) is 28.2 Å². The fourth-order valence-corrected chi connectivity index (χ4v) is 2.73. The molecule has 0 fully saturated rings. The van der Waals surface area contributed by atoms with Crippen molar-refractivity contribution in [3.05, 3.63) is 35.0 Å². The summed E-state index contributed by atoms with van der Waals surface area (Å²) in [4.78, 5) is 13.4. The normalized spacial score (nSPS) is 14.2. The Bertz CT molecular complexity index is 694. The van der Waals surface area contributed by atoms with Gasteiger partial charge in [-0.25, -0.2) is 0 Å². The maximum Gasteiger partial charge on any atom is 0.219 e. The van der Waals surface area contributed by atoms with Gasteiger partial charge in [0.2, 0.25) is 5.91 Å². The van der Waals surface area contributed by atoms with Crippen molar-refractivity contribution >= 4 is 29.3 Å². The molecule has 0 aromatic heterocycles. The van der Waals surface area contributed by atoms with E-state index in [1.54, 1.807) is 18.9 Å². The standard InChI is InChI=1S/C17H24N6O/c1-11(24)23-7-6-15(20-2)14(10-23)17(19)22-13-5-4-12(9-18)16(8-13)21-3/h4-5,8-9,18,20-21H,6-7,10H2,1-3H3,(H2,19,22). The van der Waals surface area contributed by atoms with Crippen LogP contribution in [-0.2, 0) is 4.79 Å². The highest BCUT2D eigenvalue weighted by atomic mass is 16.2. The summed E-state index contributed by atoms with van der Waals surface area (Å²) in [5.74, 6) is 0.290. The summed E-state index contributed by atoms with van der Waals surface area (Å²) in [5, 5.41) is 25.1. The summed E-state index contributed by atoms with van der Waals surface area (Å²) < 4.78 is 0. The van der Waals surface area contributed by atoms with Gasteiger partial charge < -0.3 is 26.3 Å². The molecule has 1 aliphatic heterocycles. The number of carbonyl (C=O) groups is 1. The zero-order valence-corrected chi connectivity index (χ0v) is 14.3. The molecule has 5 N–H and O–H groups in total. The minimum absolute atomic E-state index is 0.0169. The Morgan fingerprint density at radius 2 is 2.04 bits per heavy atom. The number of nitrogens with zero attached hydrogens (tertiary/aromatic N) is 1. The average molecular weight is 328 g/mol. The zero-order valence-electron chi connectivity index (χ0n) is 14.3. The topological polar surface area (TPSA) is 104 Å². The van der Waals surface area contributed by atoms with Crippen LogP contribution in [0.5, 0.6) is 0 Å². The summed E-state index contributed by atoms with van der Waals surface area (Å²) in [7, 11) is 3.63. The average Bonchev–Trinajstić information content (AvgIpc) is 2.60. The molecule has 2 rings (SSSR count). The third kappa shape index (κ3) is 3.73. The van der Waals surface area contributed by atoms with E-state index in [1.165, 1.54) is 6.21 Å². The van der Waals surface area contributed by atoms with Gasteiger partial charge in [-0.15, -0.1) is 0 Å². The first-order valence-corrected chi connectivity index (χ1v) is 7.83. The molecule has 1 aromatic carbocycles. The van der Waals surface area contributed by atoms with Crippen LogP contribution >= 0.6 is 0 Å². The van der Waals surface area contributed by atoms with Crippen molar-refractivity contribution in [1.82, 2.24) is 10.2 Å². The summed E-state index contributed by atoms with van der Waals surface area (Å²) >= 11 is 0. The molecule has 0 spiro atoms. The minimum Gasteiger partial charge on any atom is -0.391 e. The molecule has 24 heavy (non-hydrogen) atoms. The Morgan fingerprint density at radius 3 is 2.62 bits per heavy atom. The number of rotatable bonds is 5. The molecule has 0 saturated carbocycles. The van der Waals surface area contributed by atoms with Gasteiger partial charge in [0.15, 0.2) is 0 Å². The number of hydrogen-bond acceptors (Lipinski definition) is 5. The van der Waals surface area contributed by atoms with Crippen molar-refractivity contribution in [2.75, 3.05) is 37.8 Å². The van der Waals surface area contributed by atoms with E-state index in [0.29, 0.717) is 19.5 Å². The van der Waals surface area contributed by atoms with Crippen LogP contribution in [-0.4, -0.2) is 50.0 Å². The minimum atomic E-state index is 0.0169. The molecular weight excluding hydrogens is 304 g/mol. The van der Waals surface area contributed by atoms with E-state index in [9.17, 15) is 4.79 Å². The first kappa shape index (κ1) is 17.5. The van der Waals surface area contributed by atoms with Gasteiger partial charge >= 0.3 is 0 Å². The van der Waals surface area contributed by atoms with Crippen molar-refractivity contribution in [3.8, 4) is 0 Å². The summed E-state index contributed by atoms with van der Waals surface area (Å²) in [6, 6.07) is 5.52. The van der Waals surface area contributed by atoms with Crippen molar-refractivity contribution in [1.29, 1.82) is 10.8 Å². The smallest absolute Gasteiger partial charge is 0.219 e. The number of anilines is 2. The highest BCUT2D eigenvalue weighted by Gasteiger charge is 2.23. The van der Waals surface area contributed by atoms with Gasteiger partial charge in [0.25, 0.3) is 0 Å².